The van der Waals surface area contributed by atoms with Crippen molar-refractivity contribution in [3.05, 3.63) is 85.1 Å². The van der Waals surface area contributed by atoms with E-state index in [1.165, 1.54) is 19.3 Å². The number of unbranched alkanes of at least 4 members (excludes halogenated alkanes) is 14. The van der Waals surface area contributed by atoms with Gasteiger partial charge in [-0.15, -0.1) is 0 Å². The molecule has 0 aliphatic rings. The van der Waals surface area contributed by atoms with E-state index in [9.17, 15) is 43.8 Å². The molecule has 0 bridgehead atoms. The van der Waals surface area contributed by atoms with Crippen LogP contribution in [0.25, 0.3) is 0 Å². The first-order chi connectivity index (χ1) is 32.8. The summed E-state index contributed by atoms with van der Waals surface area (Å²) >= 11 is 0. The first kappa shape index (κ1) is 65.2. The van der Waals surface area contributed by atoms with Gasteiger partial charge in [0.25, 0.3) is 0 Å². The Labute approximate surface area is 408 Å². The van der Waals surface area contributed by atoms with E-state index in [1.54, 1.807) is 0 Å². The molecule has 0 aromatic rings. The Morgan fingerprint density at radius 1 is 0.412 bits per heavy atom. The van der Waals surface area contributed by atoms with E-state index in [4.69, 9.17) is 9.47 Å². The lowest BCUT2D eigenvalue weighted by molar-refractivity contribution is -0.148. The predicted molar refractivity (Wildman–Crippen MR) is 270 cm³/mol. The van der Waals surface area contributed by atoms with Crippen LogP contribution in [0.1, 0.15) is 168 Å². The summed E-state index contributed by atoms with van der Waals surface area (Å²) in [5.74, 6) is -1.03. The molecule has 0 rings (SSSR count). The van der Waals surface area contributed by atoms with Crippen LogP contribution < -0.4 is 0 Å². The molecule has 0 aromatic carbocycles. The predicted octanol–water partition coefficient (Wildman–Crippen LogP) is 11.7. The fraction of sp³-hybridized carbons (Fsp3) is 0.686. The number of phosphoric acid groups is 2. The quantitative estimate of drug-likeness (QED) is 0.0126. The number of rotatable bonds is 47. The van der Waals surface area contributed by atoms with Crippen LogP contribution in [0.4, 0.5) is 0 Å². The molecule has 0 amide bonds. The van der Waals surface area contributed by atoms with Gasteiger partial charge in [0.2, 0.25) is 0 Å². The van der Waals surface area contributed by atoms with E-state index in [1.807, 2.05) is 0 Å². The third-order valence-electron chi connectivity index (χ3n) is 9.86. The van der Waals surface area contributed by atoms with Crippen LogP contribution in [0.5, 0.6) is 0 Å². The summed E-state index contributed by atoms with van der Waals surface area (Å²) in [5.41, 5.74) is 0. The molecule has 5 atom stereocenters. The summed E-state index contributed by atoms with van der Waals surface area (Å²) in [5, 5.41) is 30.0. The number of carbonyl (C=O) groups is 2. The second-order valence-corrected chi connectivity index (χ2v) is 19.4. The molecule has 0 aliphatic carbocycles. The lowest BCUT2D eigenvalue weighted by atomic mass is 10.1. The van der Waals surface area contributed by atoms with E-state index in [2.05, 4.69) is 117 Å². The van der Waals surface area contributed by atoms with Crippen molar-refractivity contribution in [2.45, 2.75) is 186 Å². The Morgan fingerprint density at radius 2 is 0.721 bits per heavy atom. The van der Waals surface area contributed by atoms with Gasteiger partial charge in [-0.2, -0.15) is 0 Å². The van der Waals surface area contributed by atoms with Gasteiger partial charge in [-0.25, -0.2) is 9.13 Å². The molecule has 15 nitrogen and oxygen atoms in total. The van der Waals surface area contributed by atoms with Gasteiger partial charge in [-0.05, 0) is 83.5 Å². The van der Waals surface area contributed by atoms with Crippen LogP contribution in [0.15, 0.2) is 85.1 Å². The smallest absolute Gasteiger partial charge is 0.463 e. The van der Waals surface area contributed by atoms with Crippen molar-refractivity contribution in [2.24, 2.45) is 0 Å². The molecule has 5 unspecified atom stereocenters. The van der Waals surface area contributed by atoms with Gasteiger partial charge in [-0.3, -0.25) is 27.7 Å². The zero-order valence-electron chi connectivity index (χ0n) is 41.2. The molecular formula is C51H88O15P2. The normalized spacial score (nSPS) is 15.7. The number of phosphoric ester groups is 2. The second-order valence-electron chi connectivity index (χ2n) is 16.5. The molecule has 0 spiro atoms. The zero-order chi connectivity index (χ0) is 50.2. The standard InChI is InChI=1S/C51H88O15P2/c1-3-5-7-9-11-13-15-17-19-20-21-22-23-24-26-28-30-32-34-36-38-40-51(56)62-42-48(53)44-64-68(59,60)66-46-49(54)45-65-67(57,58)63-43-47(52)41-61-50(55)39-37-35-33-31-29-27-25-18-16-14-12-10-8-6-4-2/h5,7,11-14,16-19,21-22,24,26,47-49,52-54H,3-4,6,8-10,15,20,23,25,27-46H2,1-2H3,(H,57,58)(H,59,60)/b7-5-,13-11-,14-12+,18-16+,19-17-,22-21-,26-24-. The van der Waals surface area contributed by atoms with Crippen LogP contribution in [-0.4, -0.2) is 95.0 Å². The minimum atomic E-state index is -4.80. The molecular weight excluding hydrogens is 914 g/mol. The molecule has 0 heterocycles. The summed E-state index contributed by atoms with van der Waals surface area (Å²) in [6.45, 7) is 0.225. The molecule has 392 valence electrons. The molecule has 0 aliphatic heterocycles. The maximum absolute atomic E-state index is 12.2. The number of esters is 2. The number of carbonyl (C=O) groups excluding carboxylic acids is 2. The minimum absolute atomic E-state index is 0.170. The van der Waals surface area contributed by atoms with Crippen LogP contribution in [-0.2, 0) is 46.3 Å². The SMILES string of the molecule is CC/C=C\C/C=C\C/C=C\C/C=C\C/C=C\CCCCCCCC(=O)OCC(O)COP(=O)(O)OCC(O)COP(=O)(O)OCC(O)COC(=O)CCCCCCCC/C=C/C=C/CCCCC. The number of aliphatic hydroxyl groups excluding tert-OH is 3. The summed E-state index contributed by atoms with van der Waals surface area (Å²) < 4.78 is 53.0. The summed E-state index contributed by atoms with van der Waals surface area (Å²) in [6.07, 6.45) is 48.5. The third kappa shape index (κ3) is 48.3. The Hall–Kier alpha value is -2.78. The molecule has 17 heteroatoms. The molecule has 5 N–H and O–H groups in total. The molecule has 0 saturated carbocycles. The first-order valence-corrected chi connectivity index (χ1v) is 27.9. The molecule has 0 aromatic heterocycles. The average Bonchev–Trinajstić information content (AvgIpc) is 3.31. The van der Waals surface area contributed by atoms with Crippen LogP contribution in [0.3, 0.4) is 0 Å². The lowest BCUT2D eigenvalue weighted by Gasteiger charge is -2.19. The van der Waals surface area contributed by atoms with Gasteiger partial charge in [-0.1, -0.05) is 157 Å². The van der Waals surface area contributed by atoms with Crippen molar-refractivity contribution >= 4 is 27.6 Å². The first-order valence-electron chi connectivity index (χ1n) is 25.0. The monoisotopic (exact) mass is 1000 g/mol. The summed E-state index contributed by atoms with van der Waals surface area (Å²) in [6, 6.07) is 0. The van der Waals surface area contributed by atoms with Gasteiger partial charge < -0.3 is 34.6 Å². The van der Waals surface area contributed by atoms with E-state index in [0.29, 0.717) is 12.8 Å². The fourth-order valence-electron chi connectivity index (χ4n) is 5.99. The maximum Gasteiger partial charge on any atom is 0.472 e. The zero-order valence-corrected chi connectivity index (χ0v) is 43.0. The van der Waals surface area contributed by atoms with Crippen molar-refractivity contribution in [2.75, 3.05) is 39.6 Å². The molecule has 68 heavy (non-hydrogen) atoms. The lowest BCUT2D eigenvalue weighted by Crippen LogP contribution is -2.25. The molecule has 0 saturated heterocycles. The summed E-state index contributed by atoms with van der Waals surface area (Å²) in [4.78, 5) is 43.8. The van der Waals surface area contributed by atoms with Crippen LogP contribution >= 0.6 is 15.6 Å². The van der Waals surface area contributed by atoms with Gasteiger partial charge in [0.15, 0.2) is 0 Å². The molecule has 0 fully saturated rings. The molecule has 0 radical (unpaired) electrons. The second kappa shape index (κ2) is 46.6. The van der Waals surface area contributed by atoms with Crippen molar-refractivity contribution in [1.29, 1.82) is 0 Å². The summed E-state index contributed by atoms with van der Waals surface area (Å²) in [7, 11) is -9.59. The topological polar surface area (TPSA) is 225 Å². The fourth-order valence-corrected chi connectivity index (χ4v) is 7.58. The number of hydrogen-bond acceptors (Lipinski definition) is 13. The largest absolute Gasteiger partial charge is 0.472 e. The minimum Gasteiger partial charge on any atom is -0.463 e. The number of allylic oxidation sites excluding steroid dienone is 14. The number of aliphatic hydroxyl groups is 3. The number of ether oxygens (including phenoxy) is 2. The van der Waals surface area contributed by atoms with Gasteiger partial charge in [0.1, 0.15) is 31.5 Å². The highest BCUT2D eigenvalue weighted by molar-refractivity contribution is 7.47. The van der Waals surface area contributed by atoms with Crippen molar-refractivity contribution in [3.8, 4) is 0 Å². The van der Waals surface area contributed by atoms with Gasteiger partial charge >= 0.3 is 27.6 Å². The van der Waals surface area contributed by atoms with E-state index >= 15 is 0 Å². The maximum atomic E-state index is 12.2. The highest BCUT2D eigenvalue weighted by Crippen LogP contribution is 2.45. The van der Waals surface area contributed by atoms with Gasteiger partial charge in [0, 0.05) is 12.8 Å². The van der Waals surface area contributed by atoms with Crippen LogP contribution in [0, 0.1) is 0 Å². The van der Waals surface area contributed by atoms with E-state index in [-0.39, 0.29) is 12.8 Å². The average molecular weight is 1000 g/mol. The van der Waals surface area contributed by atoms with Gasteiger partial charge in [0.05, 0.1) is 26.4 Å². The highest BCUT2D eigenvalue weighted by atomic mass is 31.2. The highest BCUT2D eigenvalue weighted by Gasteiger charge is 2.28. The van der Waals surface area contributed by atoms with Crippen molar-refractivity contribution in [1.82, 2.24) is 0 Å². The van der Waals surface area contributed by atoms with Crippen molar-refractivity contribution < 1.29 is 71.4 Å². The Morgan fingerprint density at radius 3 is 1.10 bits per heavy atom. The van der Waals surface area contributed by atoms with E-state index in [0.717, 1.165) is 109 Å². The number of hydrogen-bond donors (Lipinski definition) is 5. The van der Waals surface area contributed by atoms with Crippen LogP contribution in [0.2, 0.25) is 0 Å². The van der Waals surface area contributed by atoms with Crippen molar-refractivity contribution in [3.63, 3.8) is 0 Å². The Bertz CT molecular complexity index is 1540. The Balaban J connectivity index is 3.92. The van der Waals surface area contributed by atoms with E-state index < -0.39 is 85.5 Å². The Kier molecular flexibility index (Phi) is 44.7. The third-order valence-corrected chi connectivity index (χ3v) is 11.8.